The van der Waals surface area contributed by atoms with Crippen molar-refractivity contribution in [1.82, 2.24) is 0 Å². The summed E-state index contributed by atoms with van der Waals surface area (Å²) >= 11 is 1.66. The fourth-order valence-electron chi connectivity index (χ4n) is 2.61. The predicted molar refractivity (Wildman–Crippen MR) is 88.1 cm³/mol. The van der Waals surface area contributed by atoms with Gasteiger partial charge in [0.2, 0.25) is 5.91 Å². The first-order valence-corrected chi connectivity index (χ1v) is 7.89. The number of thiophene rings is 1. The van der Waals surface area contributed by atoms with E-state index in [4.69, 9.17) is 9.47 Å². The van der Waals surface area contributed by atoms with E-state index in [1.165, 1.54) is 4.88 Å². The van der Waals surface area contributed by atoms with Crippen molar-refractivity contribution >= 4 is 22.9 Å². The second-order valence-electron chi connectivity index (χ2n) is 5.01. The Morgan fingerprint density at radius 1 is 1.41 bits per heavy atom. The van der Waals surface area contributed by atoms with Crippen LogP contribution in [-0.2, 0) is 4.79 Å². The minimum atomic E-state index is 0.0434. The molecule has 0 spiro atoms. The zero-order valence-electron chi connectivity index (χ0n) is 12.3. The summed E-state index contributed by atoms with van der Waals surface area (Å²) in [5, 5.41) is 4.91. The van der Waals surface area contributed by atoms with E-state index in [9.17, 15) is 4.79 Å². The highest BCUT2D eigenvalue weighted by Gasteiger charge is 2.28. The third-order valence-electron chi connectivity index (χ3n) is 3.62. The van der Waals surface area contributed by atoms with Crippen LogP contribution in [0.3, 0.4) is 0 Å². The summed E-state index contributed by atoms with van der Waals surface area (Å²) in [5.41, 5.74) is 1.97. The van der Waals surface area contributed by atoms with Crippen molar-refractivity contribution in [2.75, 3.05) is 19.0 Å². The molecule has 2 heterocycles. The van der Waals surface area contributed by atoms with Crippen LogP contribution in [0, 0.1) is 0 Å². The molecule has 0 bridgehead atoms. The van der Waals surface area contributed by atoms with Gasteiger partial charge in [0.25, 0.3) is 0 Å². The van der Waals surface area contributed by atoms with E-state index in [-0.39, 0.29) is 11.8 Å². The monoisotopic (exact) mass is 315 g/mol. The summed E-state index contributed by atoms with van der Waals surface area (Å²) in [6.07, 6.45) is 2.14. The standard InChI is InChI=1S/C17H17NO3S/c1-3-7-21-14-5-4-11(9-15(14)20-2)12-10-16(19)18-13-6-8-22-17(12)13/h3-6,8-9,12H,1,7,10H2,2H3,(H,18,19). The first kappa shape index (κ1) is 14.7. The van der Waals surface area contributed by atoms with Crippen molar-refractivity contribution in [1.29, 1.82) is 0 Å². The Morgan fingerprint density at radius 3 is 3.05 bits per heavy atom. The average Bonchev–Trinajstić information content (AvgIpc) is 3.00. The van der Waals surface area contributed by atoms with Crippen LogP contribution in [0.4, 0.5) is 5.69 Å². The fourth-order valence-corrected chi connectivity index (χ4v) is 3.59. The van der Waals surface area contributed by atoms with Gasteiger partial charge in [0.15, 0.2) is 11.5 Å². The zero-order chi connectivity index (χ0) is 15.5. The largest absolute Gasteiger partial charge is 0.493 e. The number of amides is 1. The van der Waals surface area contributed by atoms with Gasteiger partial charge in [-0.3, -0.25) is 4.79 Å². The summed E-state index contributed by atoms with van der Waals surface area (Å²) in [6, 6.07) is 7.78. The van der Waals surface area contributed by atoms with Crippen LogP contribution in [0.5, 0.6) is 11.5 Å². The molecule has 1 N–H and O–H groups in total. The zero-order valence-corrected chi connectivity index (χ0v) is 13.1. The van der Waals surface area contributed by atoms with E-state index in [0.717, 1.165) is 11.3 Å². The van der Waals surface area contributed by atoms with Crippen molar-refractivity contribution in [2.24, 2.45) is 0 Å². The van der Waals surface area contributed by atoms with Gasteiger partial charge in [-0.1, -0.05) is 18.7 Å². The predicted octanol–water partition coefficient (Wildman–Crippen LogP) is 3.80. The lowest BCUT2D eigenvalue weighted by Gasteiger charge is -2.23. The molecule has 1 atom stereocenters. The molecular weight excluding hydrogens is 298 g/mol. The molecule has 3 rings (SSSR count). The van der Waals surface area contributed by atoms with Gasteiger partial charge in [-0.25, -0.2) is 0 Å². The first-order chi connectivity index (χ1) is 10.7. The number of methoxy groups -OCH3 is 1. The van der Waals surface area contributed by atoms with Gasteiger partial charge in [-0.15, -0.1) is 11.3 Å². The summed E-state index contributed by atoms with van der Waals surface area (Å²) in [4.78, 5) is 13.1. The molecule has 2 aromatic rings. The normalized spacial score (nSPS) is 16.6. The summed E-state index contributed by atoms with van der Waals surface area (Å²) in [6.45, 7) is 4.07. The summed E-state index contributed by atoms with van der Waals surface area (Å²) < 4.78 is 11.0. The summed E-state index contributed by atoms with van der Waals surface area (Å²) in [5.74, 6) is 1.45. The number of rotatable bonds is 5. The Hall–Kier alpha value is -2.27. The molecule has 22 heavy (non-hydrogen) atoms. The van der Waals surface area contributed by atoms with Crippen LogP contribution < -0.4 is 14.8 Å². The highest BCUT2D eigenvalue weighted by molar-refractivity contribution is 7.10. The molecule has 0 aliphatic carbocycles. The third kappa shape index (κ3) is 2.72. The van der Waals surface area contributed by atoms with Crippen molar-refractivity contribution in [2.45, 2.75) is 12.3 Å². The molecule has 1 aliphatic rings. The average molecular weight is 315 g/mol. The molecule has 4 nitrogen and oxygen atoms in total. The van der Waals surface area contributed by atoms with Gasteiger partial charge in [-0.05, 0) is 29.1 Å². The molecule has 0 radical (unpaired) electrons. The van der Waals surface area contributed by atoms with Gasteiger partial charge in [0, 0.05) is 17.2 Å². The van der Waals surface area contributed by atoms with Crippen molar-refractivity contribution in [3.8, 4) is 11.5 Å². The van der Waals surface area contributed by atoms with Gasteiger partial charge in [-0.2, -0.15) is 0 Å². The molecule has 1 aromatic heterocycles. The van der Waals surface area contributed by atoms with Crippen molar-refractivity contribution in [3.05, 3.63) is 52.7 Å². The molecule has 5 heteroatoms. The molecular formula is C17H17NO3S. The number of nitrogens with one attached hydrogen (secondary N) is 1. The van der Waals surface area contributed by atoms with Gasteiger partial charge in [0.05, 0.1) is 12.8 Å². The molecule has 0 fully saturated rings. The van der Waals surface area contributed by atoms with E-state index in [0.29, 0.717) is 24.5 Å². The number of benzene rings is 1. The van der Waals surface area contributed by atoms with Crippen LogP contribution in [-0.4, -0.2) is 19.6 Å². The number of hydrogen-bond acceptors (Lipinski definition) is 4. The van der Waals surface area contributed by atoms with E-state index in [1.54, 1.807) is 24.5 Å². The van der Waals surface area contributed by atoms with E-state index >= 15 is 0 Å². The number of anilines is 1. The summed E-state index contributed by atoms with van der Waals surface area (Å²) in [7, 11) is 1.62. The molecule has 1 amide bonds. The number of fused-ring (bicyclic) bond motifs is 1. The third-order valence-corrected chi connectivity index (χ3v) is 4.65. The maximum absolute atomic E-state index is 11.9. The molecule has 114 valence electrons. The number of carbonyl (C=O) groups excluding carboxylic acids is 1. The van der Waals surface area contributed by atoms with Gasteiger partial charge >= 0.3 is 0 Å². The maximum atomic E-state index is 11.9. The van der Waals surface area contributed by atoms with Crippen LogP contribution in [0.1, 0.15) is 22.8 Å². The molecule has 1 unspecified atom stereocenters. The number of ether oxygens (including phenoxy) is 2. The van der Waals surface area contributed by atoms with Crippen molar-refractivity contribution in [3.63, 3.8) is 0 Å². The van der Waals surface area contributed by atoms with Crippen LogP contribution >= 0.6 is 11.3 Å². The Balaban J connectivity index is 1.96. The lowest BCUT2D eigenvalue weighted by molar-refractivity contribution is -0.116. The highest BCUT2D eigenvalue weighted by atomic mass is 32.1. The first-order valence-electron chi connectivity index (χ1n) is 7.01. The van der Waals surface area contributed by atoms with Crippen molar-refractivity contribution < 1.29 is 14.3 Å². The Kier molecular flexibility index (Phi) is 4.15. The number of hydrogen-bond donors (Lipinski definition) is 1. The lowest BCUT2D eigenvalue weighted by Crippen LogP contribution is -2.21. The van der Waals surface area contributed by atoms with Gasteiger partial charge in [0.1, 0.15) is 6.61 Å². The Labute approximate surface area is 133 Å². The fraction of sp³-hybridized carbons (Fsp3) is 0.235. The molecule has 0 saturated carbocycles. The van der Waals surface area contributed by atoms with Gasteiger partial charge < -0.3 is 14.8 Å². The van der Waals surface area contributed by atoms with Crippen LogP contribution in [0.2, 0.25) is 0 Å². The van der Waals surface area contributed by atoms with Crippen LogP contribution in [0.25, 0.3) is 0 Å². The second kappa shape index (κ2) is 6.23. The number of carbonyl (C=O) groups is 1. The molecule has 1 aliphatic heterocycles. The van der Waals surface area contributed by atoms with E-state index < -0.39 is 0 Å². The molecule has 0 saturated heterocycles. The minimum Gasteiger partial charge on any atom is -0.493 e. The second-order valence-corrected chi connectivity index (χ2v) is 5.96. The lowest BCUT2D eigenvalue weighted by atomic mass is 9.90. The maximum Gasteiger partial charge on any atom is 0.225 e. The topological polar surface area (TPSA) is 47.6 Å². The quantitative estimate of drug-likeness (QED) is 0.854. The minimum absolute atomic E-state index is 0.0434. The van der Waals surface area contributed by atoms with E-state index in [1.807, 2.05) is 29.6 Å². The van der Waals surface area contributed by atoms with E-state index in [2.05, 4.69) is 11.9 Å². The Bertz CT molecular complexity index is 708. The smallest absolute Gasteiger partial charge is 0.225 e. The molecule has 1 aromatic carbocycles. The Morgan fingerprint density at radius 2 is 2.27 bits per heavy atom. The SMILES string of the molecule is C=CCOc1ccc(C2CC(=O)Nc3ccsc32)cc1OC. The highest BCUT2D eigenvalue weighted by Crippen LogP contribution is 2.42. The van der Waals surface area contributed by atoms with Crippen LogP contribution in [0.15, 0.2) is 42.3 Å².